The Labute approximate surface area is 251 Å². The van der Waals surface area contributed by atoms with Crippen LogP contribution in [0.3, 0.4) is 0 Å². The van der Waals surface area contributed by atoms with Crippen LogP contribution < -0.4 is 14.8 Å². The van der Waals surface area contributed by atoms with Gasteiger partial charge in [-0.2, -0.15) is 0 Å². The quantitative estimate of drug-likeness (QED) is 0.157. The van der Waals surface area contributed by atoms with Crippen molar-refractivity contribution in [3.63, 3.8) is 0 Å². The van der Waals surface area contributed by atoms with Crippen LogP contribution in [-0.2, 0) is 11.2 Å². The van der Waals surface area contributed by atoms with Crippen LogP contribution in [0.5, 0.6) is 11.5 Å². The van der Waals surface area contributed by atoms with E-state index in [-0.39, 0.29) is 18.7 Å². The van der Waals surface area contributed by atoms with Gasteiger partial charge >= 0.3 is 0 Å². The van der Waals surface area contributed by atoms with E-state index in [9.17, 15) is 4.79 Å². The maximum absolute atomic E-state index is 13.4. The zero-order valence-corrected chi connectivity index (χ0v) is 25.9. The summed E-state index contributed by atoms with van der Waals surface area (Å²) in [7, 11) is 1.60. The van der Waals surface area contributed by atoms with Crippen LogP contribution in [0.2, 0.25) is 10.0 Å². The van der Waals surface area contributed by atoms with Crippen LogP contribution in [0, 0.1) is 27.7 Å². The van der Waals surface area contributed by atoms with E-state index < -0.39 is 0 Å². The standard InChI is InChI=1S/C33H36Cl2N2O4/c1-18-12-24(41-17-39-6)13-19(2)28(18)29-27(34)10-9-26-25(32-33(38)36-16-22(5)37(32)31(26)29)8-7-11-40-23-14-20(3)30(35)21(4)15-23/h9-10,12-15,22H,7-8,11,16-17H2,1-6H3,(H,36,38). The lowest BCUT2D eigenvalue weighted by Crippen LogP contribution is -2.38. The van der Waals surface area contributed by atoms with Crippen molar-refractivity contribution >= 4 is 40.0 Å². The molecule has 2 heterocycles. The van der Waals surface area contributed by atoms with Crippen molar-refractivity contribution in [3.8, 4) is 22.6 Å². The van der Waals surface area contributed by atoms with Crippen molar-refractivity contribution in [1.29, 1.82) is 0 Å². The number of halogens is 2. The summed E-state index contributed by atoms with van der Waals surface area (Å²) in [5.41, 5.74) is 8.77. The Morgan fingerprint density at radius 2 is 1.56 bits per heavy atom. The van der Waals surface area contributed by atoms with E-state index in [0.29, 0.717) is 30.3 Å². The third-order valence-corrected chi connectivity index (χ3v) is 8.69. The number of nitrogens with zero attached hydrogens (tertiary/aromatic N) is 1. The fourth-order valence-electron chi connectivity index (χ4n) is 6.00. The molecule has 0 saturated carbocycles. The molecule has 0 fully saturated rings. The number of rotatable bonds is 9. The summed E-state index contributed by atoms with van der Waals surface area (Å²) in [4.78, 5) is 13.4. The number of benzene rings is 3. The van der Waals surface area contributed by atoms with E-state index in [1.54, 1.807) is 7.11 Å². The molecular weight excluding hydrogens is 559 g/mol. The van der Waals surface area contributed by atoms with Gasteiger partial charge in [-0.15, -0.1) is 0 Å². The Bertz CT molecular complexity index is 1600. The molecule has 1 aliphatic rings. The molecule has 1 N–H and O–H groups in total. The van der Waals surface area contributed by atoms with Crippen LogP contribution in [0.4, 0.5) is 0 Å². The smallest absolute Gasteiger partial charge is 0.268 e. The number of methoxy groups -OCH3 is 1. The van der Waals surface area contributed by atoms with Gasteiger partial charge in [-0.3, -0.25) is 4.79 Å². The molecule has 8 heteroatoms. The molecule has 1 atom stereocenters. The molecule has 0 radical (unpaired) electrons. The number of nitrogens with one attached hydrogen (secondary N) is 1. The van der Waals surface area contributed by atoms with Crippen molar-refractivity contribution in [3.05, 3.63) is 80.0 Å². The van der Waals surface area contributed by atoms with Gasteiger partial charge in [-0.25, -0.2) is 0 Å². The Morgan fingerprint density at radius 3 is 2.22 bits per heavy atom. The number of aryl methyl sites for hydroxylation is 5. The van der Waals surface area contributed by atoms with Gasteiger partial charge < -0.3 is 24.1 Å². The summed E-state index contributed by atoms with van der Waals surface area (Å²) < 4.78 is 19.1. The fraction of sp³-hybridized carbons (Fsp3) is 0.364. The minimum atomic E-state index is -0.0574. The van der Waals surface area contributed by atoms with Crippen molar-refractivity contribution in [2.45, 2.75) is 53.5 Å². The average molecular weight is 596 g/mol. The molecule has 0 aliphatic carbocycles. The Hall–Kier alpha value is -3.19. The van der Waals surface area contributed by atoms with Crippen molar-refractivity contribution in [2.24, 2.45) is 0 Å². The first-order valence-electron chi connectivity index (χ1n) is 13.9. The van der Waals surface area contributed by atoms with Gasteiger partial charge in [0, 0.05) is 35.7 Å². The second-order valence-electron chi connectivity index (χ2n) is 10.9. The summed E-state index contributed by atoms with van der Waals surface area (Å²) in [6.07, 6.45) is 1.43. The Kier molecular flexibility index (Phi) is 8.55. The summed E-state index contributed by atoms with van der Waals surface area (Å²) in [6, 6.07) is 12.0. The van der Waals surface area contributed by atoms with Crippen LogP contribution in [0.15, 0.2) is 36.4 Å². The van der Waals surface area contributed by atoms with Crippen LogP contribution in [0.1, 0.15) is 57.7 Å². The van der Waals surface area contributed by atoms with Gasteiger partial charge in [-0.05, 0) is 111 Å². The second-order valence-corrected chi connectivity index (χ2v) is 11.7. The van der Waals surface area contributed by atoms with Crippen LogP contribution >= 0.6 is 23.2 Å². The first-order valence-corrected chi connectivity index (χ1v) is 14.6. The number of carbonyl (C=O) groups is 1. The van der Waals surface area contributed by atoms with Crippen molar-refractivity contribution in [1.82, 2.24) is 9.88 Å². The molecule has 1 amide bonds. The predicted molar refractivity (Wildman–Crippen MR) is 166 cm³/mol. The molecule has 216 valence electrons. The molecule has 0 saturated heterocycles. The number of amides is 1. The molecule has 4 aromatic rings. The number of ether oxygens (including phenoxy) is 3. The first-order chi connectivity index (χ1) is 19.6. The summed E-state index contributed by atoms with van der Waals surface area (Å²) in [5, 5.41) is 5.54. The SMILES string of the molecule is COCOc1cc(C)c(-c2c(Cl)ccc3c(CCCOc4cc(C)c(Cl)c(C)c4)c4n(c23)C(C)CNC4=O)c(C)c1. The zero-order chi connectivity index (χ0) is 29.4. The maximum Gasteiger partial charge on any atom is 0.268 e. The average Bonchev–Trinajstić information content (AvgIpc) is 3.26. The molecule has 5 rings (SSSR count). The van der Waals surface area contributed by atoms with Crippen molar-refractivity contribution < 1.29 is 19.0 Å². The van der Waals surface area contributed by atoms with Gasteiger partial charge in [0.25, 0.3) is 5.91 Å². The van der Waals surface area contributed by atoms with Gasteiger partial charge in [0.1, 0.15) is 17.2 Å². The van der Waals surface area contributed by atoms with Crippen LogP contribution in [0.25, 0.3) is 22.0 Å². The van der Waals surface area contributed by atoms with Gasteiger partial charge in [0.05, 0.1) is 17.1 Å². The minimum absolute atomic E-state index is 0.0574. The van der Waals surface area contributed by atoms with Crippen molar-refractivity contribution in [2.75, 3.05) is 27.1 Å². The number of hydrogen-bond acceptors (Lipinski definition) is 4. The predicted octanol–water partition coefficient (Wildman–Crippen LogP) is 8.15. The number of aromatic nitrogens is 1. The molecule has 0 spiro atoms. The highest BCUT2D eigenvalue weighted by Gasteiger charge is 2.31. The lowest BCUT2D eigenvalue weighted by Gasteiger charge is -2.26. The molecule has 1 unspecified atom stereocenters. The molecule has 0 bridgehead atoms. The second kappa shape index (κ2) is 12.0. The van der Waals surface area contributed by atoms with Crippen LogP contribution in [-0.4, -0.2) is 37.5 Å². The maximum atomic E-state index is 13.4. The third kappa shape index (κ3) is 5.53. The molecule has 41 heavy (non-hydrogen) atoms. The minimum Gasteiger partial charge on any atom is -0.494 e. The molecule has 3 aromatic carbocycles. The molecule has 6 nitrogen and oxygen atoms in total. The number of hydrogen-bond donors (Lipinski definition) is 1. The summed E-state index contributed by atoms with van der Waals surface area (Å²) >= 11 is 13.3. The topological polar surface area (TPSA) is 61.7 Å². The van der Waals surface area contributed by atoms with Gasteiger partial charge in [0.15, 0.2) is 6.79 Å². The molecular formula is C33H36Cl2N2O4. The third-order valence-electron chi connectivity index (χ3n) is 7.78. The first kappa shape index (κ1) is 29.3. The highest BCUT2D eigenvalue weighted by Crippen LogP contribution is 2.44. The highest BCUT2D eigenvalue weighted by molar-refractivity contribution is 6.35. The number of carbonyl (C=O) groups excluding carboxylic acids is 1. The zero-order valence-electron chi connectivity index (χ0n) is 24.4. The summed E-state index contributed by atoms with van der Waals surface area (Å²) in [6.45, 7) is 11.5. The fourth-order valence-corrected chi connectivity index (χ4v) is 6.35. The Morgan fingerprint density at radius 1 is 0.927 bits per heavy atom. The van der Waals surface area contributed by atoms with Gasteiger partial charge in [0.2, 0.25) is 0 Å². The Balaban J connectivity index is 1.57. The summed E-state index contributed by atoms with van der Waals surface area (Å²) in [5.74, 6) is 1.49. The molecule has 1 aliphatic heterocycles. The van der Waals surface area contributed by atoms with E-state index >= 15 is 0 Å². The monoisotopic (exact) mass is 594 g/mol. The van der Waals surface area contributed by atoms with E-state index in [0.717, 1.165) is 72.8 Å². The van der Waals surface area contributed by atoms with E-state index in [1.807, 2.05) is 44.2 Å². The normalized spacial score (nSPS) is 14.7. The lowest BCUT2D eigenvalue weighted by molar-refractivity contribution is 0.0510. The van der Waals surface area contributed by atoms with Gasteiger partial charge in [-0.1, -0.05) is 29.3 Å². The lowest BCUT2D eigenvalue weighted by atomic mass is 9.93. The molecule has 1 aromatic heterocycles. The highest BCUT2D eigenvalue weighted by atomic mass is 35.5. The van der Waals surface area contributed by atoms with E-state index in [4.69, 9.17) is 37.4 Å². The van der Waals surface area contributed by atoms with E-state index in [2.05, 4.69) is 36.7 Å². The number of fused-ring (bicyclic) bond motifs is 3. The largest absolute Gasteiger partial charge is 0.494 e. The van der Waals surface area contributed by atoms with E-state index in [1.165, 1.54) is 0 Å².